The van der Waals surface area contributed by atoms with Crippen molar-refractivity contribution in [2.75, 3.05) is 33.8 Å². The van der Waals surface area contributed by atoms with Crippen LogP contribution < -0.4 is 4.74 Å². The van der Waals surface area contributed by atoms with Crippen LogP contribution in [-0.2, 0) is 0 Å². The number of aromatic amines is 1. The largest absolute Gasteiger partial charge is 0.493 e. The van der Waals surface area contributed by atoms with E-state index in [4.69, 9.17) is 4.74 Å². The molecule has 1 N–H and O–H groups in total. The van der Waals surface area contributed by atoms with Gasteiger partial charge in [0, 0.05) is 60.5 Å². The Kier molecular flexibility index (Phi) is 6.40. The summed E-state index contributed by atoms with van der Waals surface area (Å²) < 4.78 is 5.94. The van der Waals surface area contributed by atoms with Crippen LogP contribution in [0.25, 0.3) is 22.0 Å². The van der Waals surface area contributed by atoms with Crippen LogP contribution in [0.4, 0.5) is 0 Å². The van der Waals surface area contributed by atoms with E-state index in [-0.39, 0.29) is 17.9 Å². The number of aromatic nitrogens is 3. The lowest BCUT2D eigenvalue weighted by atomic mass is 9.86. The smallest absolute Gasteiger partial charge is 0.254 e. The van der Waals surface area contributed by atoms with Crippen molar-refractivity contribution >= 4 is 16.8 Å². The van der Waals surface area contributed by atoms with E-state index in [0.717, 1.165) is 40.7 Å². The van der Waals surface area contributed by atoms with Crippen molar-refractivity contribution in [1.82, 2.24) is 25.0 Å². The van der Waals surface area contributed by atoms with Crippen LogP contribution in [-0.4, -0.2) is 64.7 Å². The van der Waals surface area contributed by atoms with E-state index in [1.165, 1.54) is 0 Å². The average Bonchev–Trinajstić information content (AvgIpc) is 3.37. The maximum absolute atomic E-state index is 13.8. The Hall–Kier alpha value is -4.22. The van der Waals surface area contributed by atoms with Crippen molar-refractivity contribution < 1.29 is 9.53 Å². The number of rotatable bonds is 7. The number of fused-ring (bicyclic) bond motifs is 1. The highest BCUT2D eigenvalue weighted by molar-refractivity contribution is 5.96. The van der Waals surface area contributed by atoms with Crippen LogP contribution in [0.3, 0.4) is 0 Å². The van der Waals surface area contributed by atoms with Crippen LogP contribution in [0.15, 0.2) is 61.1 Å². The minimum Gasteiger partial charge on any atom is -0.493 e. The molecule has 0 bridgehead atoms. The van der Waals surface area contributed by atoms with E-state index in [2.05, 4.69) is 33.2 Å². The number of pyridine rings is 1. The minimum atomic E-state index is -0.159. The molecule has 36 heavy (non-hydrogen) atoms. The predicted octanol–water partition coefficient (Wildman–Crippen LogP) is 4.27. The highest BCUT2D eigenvalue weighted by Gasteiger charge is 2.38. The van der Waals surface area contributed by atoms with Gasteiger partial charge in [0.1, 0.15) is 5.75 Å². The molecule has 2 aromatic carbocycles. The van der Waals surface area contributed by atoms with Crippen LogP contribution in [0.2, 0.25) is 0 Å². The summed E-state index contributed by atoms with van der Waals surface area (Å²) in [6.07, 6.45) is 5.37. The molecule has 5 rings (SSSR count). The van der Waals surface area contributed by atoms with Crippen molar-refractivity contribution in [3.05, 3.63) is 77.7 Å². The van der Waals surface area contributed by atoms with Gasteiger partial charge in [-0.15, -0.1) is 0 Å². The first kappa shape index (κ1) is 23.5. The maximum atomic E-state index is 13.8. The normalized spacial score (nSPS) is 14.7. The Morgan fingerprint density at radius 3 is 2.83 bits per heavy atom. The number of nitrogens with zero attached hydrogens (tertiary/aromatic N) is 5. The zero-order chi connectivity index (χ0) is 25.2. The number of hydrogen-bond donors (Lipinski definition) is 1. The Balaban J connectivity index is 1.51. The van der Waals surface area contributed by atoms with E-state index in [0.29, 0.717) is 23.5 Å². The molecule has 1 unspecified atom stereocenters. The minimum absolute atomic E-state index is 0.0932. The number of carbonyl (C=O) groups excluding carboxylic acids is 1. The fourth-order valence-electron chi connectivity index (χ4n) is 5.09. The van der Waals surface area contributed by atoms with Gasteiger partial charge in [0.25, 0.3) is 5.91 Å². The molecule has 1 atom stereocenters. The van der Waals surface area contributed by atoms with Crippen molar-refractivity contribution in [1.29, 1.82) is 5.26 Å². The first-order valence-corrected chi connectivity index (χ1v) is 12.0. The predicted molar refractivity (Wildman–Crippen MR) is 137 cm³/mol. The molecule has 1 amide bonds. The lowest BCUT2D eigenvalue weighted by Gasteiger charge is -2.44. The molecule has 1 aliphatic rings. The molecule has 4 aromatic rings. The number of H-pyrrole nitrogens is 1. The molecule has 1 fully saturated rings. The fourth-order valence-corrected chi connectivity index (χ4v) is 5.09. The zero-order valence-corrected chi connectivity index (χ0v) is 20.6. The van der Waals surface area contributed by atoms with E-state index in [9.17, 15) is 10.1 Å². The third kappa shape index (κ3) is 4.30. The third-order valence-electron chi connectivity index (χ3n) is 6.81. The van der Waals surface area contributed by atoms with E-state index >= 15 is 0 Å². The summed E-state index contributed by atoms with van der Waals surface area (Å²) in [6, 6.07) is 14.9. The van der Waals surface area contributed by atoms with E-state index < -0.39 is 0 Å². The van der Waals surface area contributed by atoms with Gasteiger partial charge in [0.15, 0.2) is 0 Å². The summed E-state index contributed by atoms with van der Waals surface area (Å²) in [5, 5.41) is 17.5. The summed E-state index contributed by atoms with van der Waals surface area (Å²) in [7, 11) is 3.93. The first-order valence-electron chi connectivity index (χ1n) is 12.0. The second kappa shape index (κ2) is 9.80. The molecule has 1 aliphatic heterocycles. The summed E-state index contributed by atoms with van der Waals surface area (Å²) in [5.74, 6) is 0.799. The SMILES string of the molecule is CCOc1cc(C(=O)N(C)C(c2cncc3cn[nH]c23)C2CN(C)C2)ccc1-c1cccc(C#N)c1. The van der Waals surface area contributed by atoms with Gasteiger partial charge in [-0.2, -0.15) is 10.4 Å². The lowest BCUT2D eigenvalue weighted by molar-refractivity contribution is 0.0373. The number of ether oxygens (including phenoxy) is 1. The summed E-state index contributed by atoms with van der Waals surface area (Å²) >= 11 is 0. The van der Waals surface area contributed by atoms with Gasteiger partial charge in [0.05, 0.1) is 36.0 Å². The topological polar surface area (TPSA) is 98.1 Å². The van der Waals surface area contributed by atoms with Crippen LogP contribution in [0.1, 0.15) is 34.5 Å². The van der Waals surface area contributed by atoms with Gasteiger partial charge in [-0.3, -0.25) is 14.9 Å². The Labute approximate surface area is 210 Å². The van der Waals surface area contributed by atoms with Gasteiger partial charge in [0.2, 0.25) is 0 Å². The molecule has 0 saturated carbocycles. The van der Waals surface area contributed by atoms with Gasteiger partial charge in [-0.1, -0.05) is 12.1 Å². The molecule has 3 heterocycles. The second-order valence-electron chi connectivity index (χ2n) is 9.24. The first-order chi connectivity index (χ1) is 17.5. The zero-order valence-electron chi connectivity index (χ0n) is 20.6. The highest BCUT2D eigenvalue weighted by atomic mass is 16.5. The van der Waals surface area contributed by atoms with E-state index in [1.807, 2.05) is 55.4 Å². The third-order valence-corrected chi connectivity index (χ3v) is 6.81. The van der Waals surface area contributed by atoms with Crippen molar-refractivity contribution in [2.45, 2.75) is 13.0 Å². The van der Waals surface area contributed by atoms with Crippen LogP contribution >= 0.6 is 0 Å². The summed E-state index contributed by atoms with van der Waals surface area (Å²) in [6.45, 7) is 4.16. The van der Waals surface area contributed by atoms with Crippen molar-refractivity contribution in [3.8, 4) is 22.9 Å². The number of benzene rings is 2. The Bertz CT molecular complexity index is 1450. The molecule has 0 spiro atoms. The standard InChI is InChI=1S/C28H28N6O2/c1-4-36-25-11-20(8-9-23(25)19-7-5-6-18(10-19)12-29)28(35)34(3)27(22-16-33(2)17-22)24-15-30-13-21-14-31-32-26(21)24/h5-11,13-15,22,27H,4,16-17H2,1-3H3,(H,31,32). The Morgan fingerprint density at radius 1 is 1.25 bits per heavy atom. The van der Waals surface area contributed by atoms with Gasteiger partial charge in [-0.05, 0) is 49.9 Å². The molecule has 0 radical (unpaired) electrons. The number of carbonyl (C=O) groups is 1. The summed E-state index contributed by atoms with van der Waals surface area (Å²) in [5.41, 5.74) is 4.71. The number of hydrogen-bond acceptors (Lipinski definition) is 6. The molecule has 0 aliphatic carbocycles. The molecule has 8 nitrogen and oxygen atoms in total. The number of nitriles is 1. The molecule has 2 aromatic heterocycles. The monoisotopic (exact) mass is 480 g/mol. The lowest BCUT2D eigenvalue weighted by Crippen LogP contribution is -2.51. The molecular weight excluding hydrogens is 452 g/mol. The van der Waals surface area contributed by atoms with Gasteiger partial charge < -0.3 is 14.5 Å². The molecule has 8 heteroatoms. The molecule has 1 saturated heterocycles. The number of amides is 1. The second-order valence-corrected chi connectivity index (χ2v) is 9.24. The molecule has 182 valence electrons. The average molecular weight is 481 g/mol. The fraction of sp³-hybridized carbons (Fsp3) is 0.286. The van der Waals surface area contributed by atoms with Crippen molar-refractivity contribution in [2.24, 2.45) is 5.92 Å². The number of nitrogens with one attached hydrogen (secondary N) is 1. The summed E-state index contributed by atoms with van der Waals surface area (Å²) in [4.78, 5) is 22.3. The highest BCUT2D eigenvalue weighted by Crippen LogP contribution is 2.38. The maximum Gasteiger partial charge on any atom is 0.254 e. The van der Waals surface area contributed by atoms with Crippen LogP contribution in [0, 0.1) is 17.2 Å². The van der Waals surface area contributed by atoms with Crippen molar-refractivity contribution in [3.63, 3.8) is 0 Å². The Morgan fingerprint density at radius 2 is 2.08 bits per heavy atom. The molecular formula is C28H28N6O2. The number of likely N-dealkylation sites (tertiary alicyclic amines) is 1. The van der Waals surface area contributed by atoms with Gasteiger partial charge >= 0.3 is 0 Å². The van der Waals surface area contributed by atoms with Crippen LogP contribution in [0.5, 0.6) is 5.75 Å². The van der Waals surface area contributed by atoms with E-state index in [1.54, 1.807) is 24.5 Å². The quantitative estimate of drug-likeness (QED) is 0.424. The van der Waals surface area contributed by atoms with Gasteiger partial charge in [-0.25, -0.2) is 0 Å².